The average molecular weight is 510 g/mol. The van der Waals surface area contributed by atoms with Crippen molar-refractivity contribution in [2.75, 3.05) is 13.7 Å². The molecule has 1 rings (SSSR count). The molecule has 192 valence electrons. The van der Waals surface area contributed by atoms with E-state index in [0.29, 0.717) is 0 Å². The first-order valence-corrected chi connectivity index (χ1v) is 10.4. The summed E-state index contributed by atoms with van der Waals surface area (Å²) >= 11 is 6.38. The molecule has 1 amide bonds. The summed E-state index contributed by atoms with van der Waals surface area (Å²) in [6, 6.07) is -1.24. The zero-order valence-electron chi connectivity index (χ0n) is 19.6. The van der Waals surface area contributed by atoms with Crippen LogP contribution in [0.3, 0.4) is 0 Å². The van der Waals surface area contributed by atoms with Crippen LogP contribution in [0.4, 0.5) is 0 Å². The van der Waals surface area contributed by atoms with Gasteiger partial charge in [-0.15, -0.1) is 0 Å². The number of carbonyl (C=O) groups is 6. The van der Waals surface area contributed by atoms with Crippen LogP contribution in [0.15, 0.2) is 0 Å². The molecule has 1 fully saturated rings. The van der Waals surface area contributed by atoms with Crippen molar-refractivity contribution in [2.24, 2.45) is 0 Å². The minimum absolute atomic E-state index is 0.447. The predicted octanol–water partition coefficient (Wildman–Crippen LogP) is -0.254. The third-order valence-corrected chi connectivity index (χ3v) is 4.88. The van der Waals surface area contributed by atoms with Crippen LogP contribution < -0.4 is 5.32 Å². The Kier molecular flexibility index (Phi) is 10.7. The first kappa shape index (κ1) is 29.1. The third kappa shape index (κ3) is 8.45. The number of carbonyl (C=O) groups excluding carboxylic acids is 6. The Labute approximate surface area is 200 Å². The van der Waals surface area contributed by atoms with E-state index in [1.165, 1.54) is 0 Å². The van der Waals surface area contributed by atoms with Crippen LogP contribution in [0, 0.1) is 0 Å². The molecule has 6 atom stereocenters. The Morgan fingerprint density at radius 3 is 2.00 bits per heavy atom. The van der Waals surface area contributed by atoms with Crippen LogP contribution in [0.5, 0.6) is 0 Å². The second kappa shape index (κ2) is 12.5. The molecule has 1 aliphatic heterocycles. The first-order valence-electron chi connectivity index (χ1n) is 10.1. The second-order valence-electron chi connectivity index (χ2n) is 7.41. The molecule has 1 aliphatic rings. The van der Waals surface area contributed by atoms with Gasteiger partial charge in [0.25, 0.3) is 0 Å². The normalized spacial score (nSPS) is 25.7. The molecular weight excluding hydrogens is 482 g/mol. The van der Waals surface area contributed by atoms with Crippen molar-refractivity contribution in [1.82, 2.24) is 5.32 Å². The van der Waals surface area contributed by atoms with E-state index >= 15 is 0 Å². The lowest BCUT2D eigenvalue weighted by Crippen LogP contribution is -2.67. The molecule has 0 saturated carbocycles. The van der Waals surface area contributed by atoms with E-state index in [-0.39, 0.29) is 0 Å². The highest BCUT2D eigenvalue weighted by Crippen LogP contribution is 2.38. The number of hydrogen-bond donors (Lipinski definition) is 1. The molecule has 0 aromatic heterocycles. The van der Waals surface area contributed by atoms with Gasteiger partial charge in [0.2, 0.25) is 11.0 Å². The van der Waals surface area contributed by atoms with Crippen LogP contribution in [-0.4, -0.2) is 85.0 Å². The Morgan fingerprint density at radius 2 is 1.56 bits per heavy atom. The Balaban J connectivity index is 3.64. The molecule has 0 aromatic carbocycles. The highest BCUT2D eigenvalue weighted by atomic mass is 35.5. The minimum Gasteiger partial charge on any atom is -0.466 e. The van der Waals surface area contributed by atoms with Gasteiger partial charge in [-0.05, 0) is 0 Å². The molecule has 0 spiro atoms. The number of nitrogens with one attached hydrogen (secondary N) is 1. The van der Waals surface area contributed by atoms with Crippen molar-refractivity contribution in [1.29, 1.82) is 0 Å². The lowest BCUT2D eigenvalue weighted by molar-refractivity contribution is -0.225. The fourth-order valence-corrected chi connectivity index (χ4v) is 3.71. The summed E-state index contributed by atoms with van der Waals surface area (Å²) in [6.07, 6.45) is -6.29. The van der Waals surface area contributed by atoms with Gasteiger partial charge in [0.15, 0.2) is 12.2 Å². The standard InChI is InChI=1S/C20H28ClNO12/c1-9(23)22-16-14(31-11(3)25)7-20(21,19(28)29-6)34-18(16)17(33-13(5)27)15(32-12(4)26)8-30-10(2)24/h14-18H,7-8H2,1-6H3,(H,22,23)/t14?,15-,16+,17-,18?,20-/m0/s1. The molecule has 0 radical (unpaired) electrons. The topological polar surface area (TPSA) is 170 Å². The van der Waals surface area contributed by atoms with E-state index in [9.17, 15) is 28.8 Å². The van der Waals surface area contributed by atoms with Gasteiger partial charge in [0, 0.05) is 41.0 Å². The van der Waals surface area contributed by atoms with Crippen LogP contribution in [0.25, 0.3) is 0 Å². The summed E-state index contributed by atoms with van der Waals surface area (Å²) in [5, 5.41) is 0.276. The highest BCUT2D eigenvalue weighted by molar-refractivity contribution is 6.32. The summed E-state index contributed by atoms with van der Waals surface area (Å²) < 4.78 is 31.2. The number of rotatable bonds is 9. The molecule has 1 saturated heterocycles. The van der Waals surface area contributed by atoms with Gasteiger partial charge in [-0.3, -0.25) is 24.0 Å². The second-order valence-corrected chi connectivity index (χ2v) is 8.02. The van der Waals surface area contributed by atoms with Crippen LogP contribution in [-0.2, 0) is 57.2 Å². The quantitative estimate of drug-likeness (QED) is 0.246. The first-order chi connectivity index (χ1) is 15.7. The van der Waals surface area contributed by atoms with Gasteiger partial charge in [0.1, 0.15) is 18.8 Å². The molecule has 34 heavy (non-hydrogen) atoms. The summed E-state index contributed by atoms with van der Waals surface area (Å²) in [6.45, 7) is 4.87. The lowest BCUT2D eigenvalue weighted by atomic mass is 9.89. The third-order valence-electron chi connectivity index (χ3n) is 4.48. The van der Waals surface area contributed by atoms with Gasteiger partial charge in [0.05, 0.1) is 13.2 Å². The molecule has 1 heterocycles. The summed E-state index contributed by atoms with van der Waals surface area (Å²) in [5.74, 6) is -4.87. The minimum atomic E-state index is -2.24. The van der Waals surface area contributed by atoms with Crippen molar-refractivity contribution < 1.29 is 57.2 Å². The lowest BCUT2D eigenvalue weighted by Gasteiger charge is -2.46. The zero-order valence-corrected chi connectivity index (χ0v) is 20.3. The summed E-state index contributed by atoms with van der Waals surface area (Å²) in [5.41, 5.74) is 0. The number of amides is 1. The maximum atomic E-state index is 12.4. The highest BCUT2D eigenvalue weighted by Gasteiger charge is 2.57. The number of hydrogen-bond acceptors (Lipinski definition) is 12. The van der Waals surface area contributed by atoms with E-state index in [1.807, 2.05) is 0 Å². The fourth-order valence-electron chi connectivity index (χ4n) is 3.38. The molecule has 0 bridgehead atoms. The number of methoxy groups -OCH3 is 1. The predicted molar refractivity (Wildman–Crippen MR) is 111 cm³/mol. The number of alkyl halides is 1. The van der Waals surface area contributed by atoms with Gasteiger partial charge in [-0.1, -0.05) is 11.6 Å². The zero-order chi connectivity index (χ0) is 26.2. The molecule has 1 N–H and O–H groups in total. The maximum absolute atomic E-state index is 12.4. The molecule has 0 aliphatic carbocycles. The fraction of sp³-hybridized carbons (Fsp3) is 0.700. The Bertz CT molecular complexity index is 817. The summed E-state index contributed by atoms with van der Waals surface area (Å²) in [7, 11) is 1.04. The van der Waals surface area contributed by atoms with Crippen molar-refractivity contribution in [3.05, 3.63) is 0 Å². The van der Waals surface area contributed by atoms with Gasteiger partial charge < -0.3 is 33.7 Å². The Morgan fingerprint density at radius 1 is 0.971 bits per heavy atom. The number of ether oxygens (including phenoxy) is 6. The van der Waals surface area contributed by atoms with Gasteiger partial charge in [-0.25, -0.2) is 4.79 Å². The van der Waals surface area contributed by atoms with E-state index in [1.54, 1.807) is 0 Å². The van der Waals surface area contributed by atoms with E-state index in [2.05, 4.69) is 10.1 Å². The van der Waals surface area contributed by atoms with Crippen molar-refractivity contribution in [2.45, 2.75) is 76.6 Å². The number of halogens is 1. The molecule has 14 heteroatoms. The largest absolute Gasteiger partial charge is 0.466 e. The molecular formula is C20H28ClNO12. The molecule has 0 aromatic rings. The maximum Gasteiger partial charge on any atom is 0.354 e. The van der Waals surface area contributed by atoms with E-state index < -0.39 is 84.3 Å². The van der Waals surface area contributed by atoms with Crippen molar-refractivity contribution in [3.63, 3.8) is 0 Å². The van der Waals surface area contributed by atoms with E-state index in [4.69, 9.17) is 35.3 Å². The average Bonchev–Trinajstić information content (AvgIpc) is 2.69. The van der Waals surface area contributed by atoms with Gasteiger partial charge in [-0.2, -0.15) is 0 Å². The smallest absolute Gasteiger partial charge is 0.354 e. The number of esters is 5. The molecule has 2 unspecified atom stereocenters. The van der Waals surface area contributed by atoms with Crippen molar-refractivity contribution >= 4 is 47.4 Å². The van der Waals surface area contributed by atoms with Crippen LogP contribution in [0.2, 0.25) is 0 Å². The van der Waals surface area contributed by atoms with Crippen LogP contribution >= 0.6 is 11.6 Å². The van der Waals surface area contributed by atoms with E-state index in [0.717, 1.165) is 41.7 Å². The van der Waals surface area contributed by atoms with Gasteiger partial charge >= 0.3 is 29.8 Å². The SMILES string of the molecule is COC(=O)[C@]1(Cl)CC(OC(C)=O)[C@@H](NC(C)=O)C([C@@H](OC(C)=O)[C@H](COC(C)=O)OC(C)=O)O1. The summed E-state index contributed by atoms with van der Waals surface area (Å²) in [4.78, 5) is 71.2. The molecule has 13 nitrogen and oxygen atoms in total. The monoisotopic (exact) mass is 509 g/mol. The van der Waals surface area contributed by atoms with Crippen LogP contribution in [0.1, 0.15) is 41.0 Å². The Hall–Kier alpha value is -2.93. The van der Waals surface area contributed by atoms with Crippen molar-refractivity contribution in [3.8, 4) is 0 Å².